The minimum Gasteiger partial charge on any atom is -0.343 e. The minimum atomic E-state index is 0.391. The molecule has 2 N–H and O–H groups in total. The molecule has 0 bridgehead atoms. The Hall–Kier alpha value is -1.02. The van der Waals surface area contributed by atoms with E-state index in [4.69, 9.17) is 17.0 Å². The number of rotatable bonds is 1. The van der Waals surface area contributed by atoms with Crippen molar-refractivity contribution < 1.29 is 0 Å². The molecule has 1 rings (SSSR count). The number of hydrogen-bond acceptors (Lipinski definition) is 1. The normalized spacial score (nSPS) is 9.58. The Morgan fingerprint density at radius 3 is 2.75 bits per heavy atom. The van der Waals surface area contributed by atoms with Crippen LogP contribution in [0.15, 0.2) is 18.2 Å². The molecule has 0 fully saturated rings. The lowest BCUT2D eigenvalue weighted by atomic mass is 10.2. The molecule has 0 saturated carbocycles. The molecular weight excluding hydrogens is 172 g/mol. The Labute approximate surface area is 77.1 Å². The number of aryl methyl sites for hydroxylation is 1. The van der Waals surface area contributed by atoms with Crippen LogP contribution >= 0.6 is 11.6 Å². The highest BCUT2D eigenvalue weighted by atomic mass is 35.5. The Kier molecular flexibility index (Phi) is 2.71. The van der Waals surface area contributed by atoms with Crippen molar-refractivity contribution in [3.05, 3.63) is 28.8 Å². The van der Waals surface area contributed by atoms with Crippen molar-refractivity contribution >= 4 is 23.1 Å². The molecule has 0 amide bonds. The third kappa shape index (κ3) is 1.98. The van der Waals surface area contributed by atoms with Gasteiger partial charge < -0.3 is 5.32 Å². The van der Waals surface area contributed by atoms with E-state index in [1.54, 1.807) is 6.92 Å². The van der Waals surface area contributed by atoms with E-state index in [0.29, 0.717) is 10.9 Å². The van der Waals surface area contributed by atoms with Crippen molar-refractivity contribution in [1.82, 2.24) is 0 Å². The van der Waals surface area contributed by atoms with Crippen molar-refractivity contribution in [2.24, 2.45) is 0 Å². The molecule has 0 unspecified atom stereocenters. The Bertz CT molecular complexity index is 307. The fourth-order valence-corrected chi connectivity index (χ4v) is 1.12. The fraction of sp³-hybridized carbons (Fsp3) is 0.222. The van der Waals surface area contributed by atoms with Crippen LogP contribution in [0.5, 0.6) is 0 Å². The van der Waals surface area contributed by atoms with Crippen molar-refractivity contribution in [2.45, 2.75) is 13.8 Å². The first kappa shape index (κ1) is 9.07. The molecule has 3 heteroatoms. The van der Waals surface area contributed by atoms with Gasteiger partial charge in [-0.05, 0) is 25.5 Å². The van der Waals surface area contributed by atoms with E-state index in [1.165, 1.54) is 0 Å². The Morgan fingerprint density at radius 1 is 1.50 bits per heavy atom. The largest absolute Gasteiger partial charge is 0.343 e. The molecule has 0 aromatic heterocycles. The van der Waals surface area contributed by atoms with E-state index in [-0.39, 0.29) is 0 Å². The summed E-state index contributed by atoms with van der Waals surface area (Å²) in [5.41, 5.74) is 1.81. The average molecular weight is 183 g/mol. The topological polar surface area (TPSA) is 35.9 Å². The van der Waals surface area contributed by atoms with Gasteiger partial charge in [0, 0.05) is 0 Å². The molecule has 0 aliphatic heterocycles. The van der Waals surface area contributed by atoms with E-state index < -0.39 is 0 Å². The maximum absolute atomic E-state index is 7.23. The molecule has 0 aliphatic rings. The van der Waals surface area contributed by atoms with Crippen LogP contribution in [0.3, 0.4) is 0 Å². The highest BCUT2D eigenvalue weighted by Crippen LogP contribution is 2.24. The molecule has 0 saturated heterocycles. The smallest absolute Gasteiger partial charge is 0.0944 e. The minimum absolute atomic E-state index is 0.391. The molecule has 1 aromatic rings. The summed E-state index contributed by atoms with van der Waals surface area (Å²) in [6, 6.07) is 5.70. The van der Waals surface area contributed by atoms with Gasteiger partial charge in [-0.2, -0.15) is 0 Å². The third-order valence-corrected chi connectivity index (χ3v) is 2.02. The molecule has 12 heavy (non-hydrogen) atoms. The van der Waals surface area contributed by atoms with Crippen LogP contribution in [0, 0.1) is 12.3 Å². The zero-order valence-corrected chi connectivity index (χ0v) is 7.87. The predicted molar refractivity (Wildman–Crippen MR) is 53.2 cm³/mol. The second kappa shape index (κ2) is 3.59. The van der Waals surface area contributed by atoms with Gasteiger partial charge >= 0.3 is 0 Å². The van der Waals surface area contributed by atoms with Crippen molar-refractivity contribution in [3.63, 3.8) is 0 Å². The fourth-order valence-electron chi connectivity index (χ4n) is 0.946. The first-order valence-electron chi connectivity index (χ1n) is 3.68. The molecule has 0 atom stereocenters. The maximum Gasteiger partial charge on any atom is 0.0944 e. The summed E-state index contributed by atoms with van der Waals surface area (Å²) < 4.78 is 0. The van der Waals surface area contributed by atoms with Gasteiger partial charge in [-0.3, -0.25) is 5.41 Å². The second-order valence-electron chi connectivity index (χ2n) is 2.69. The standard InChI is InChI=1S/C9H11ClN2/c1-6-4-3-5-8(9(6)10)12-7(2)11/h3-5H,1-2H3,(H2,11,12). The van der Waals surface area contributed by atoms with Crippen LogP contribution in [0.4, 0.5) is 5.69 Å². The molecule has 0 heterocycles. The number of hydrogen-bond donors (Lipinski definition) is 2. The van der Waals surface area contributed by atoms with Crippen molar-refractivity contribution in [2.75, 3.05) is 5.32 Å². The van der Waals surface area contributed by atoms with Crippen LogP contribution in [-0.4, -0.2) is 5.84 Å². The van der Waals surface area contributed by atoms with Crippen LogP contribution in [0.2, 0.25) is 5.02 Å². The lowest BCUT2D eigenvalue weighted by Crippen LogP contribution is -2.05. The summed E-state index contributed by atoms with van der Waals surface area (Å²) in [7, 11) is 0. The summed E-state index contributed by atoms with van der Waals surface area (Å²) in [5.74, 6) is 0.391. The molecule has 1 aromatic carbocycles. The van der Waals surface area contributed by atoms with E-state index in [2.05, 4.69) is 5.32 Å². The molecular formula is C9H11ClN2. The van der Waals surface area contributed by atoms with Crippen molar-refractivity contribution in [3.8, 4) is 0 Å². The van der Waals surface area contributed by atoms with Gasteiger partial charge in [0.15, 0.2) is 0 Å². The van der Waals surface area contributed by atoms with E-state index >= 15 is 0 Å². The monoisotopic (exact) mass is 182 g/mol. The lowest BCUT2D eigenvalue weighted by Gasteiger charge is -2.07. The van der Waals surface area contributed by atoms with Gasteiger partial charge in [0.05, 0.1) is 16.5 Å². The zero-order valence-electron chi connectivity index (χ0n) is 7.11. The molecule has 2 nitrogen and oxygen atoms in total. The number of nitrogens with one attached hydrogen (secondary N) is 2. The van der Waals surface area contributed by atoms with E-state index in [1.807, 2.05) is 25.1 Å². The van der Waals surface area contributed by atoms with Gasteiger partial charge in [-0.25, -0.2) is 0 Å². The number of anilines is 1. The highest BCUT2D eigenvalue weighted by molar-refractivity contribution is 6.34. The first-order chi connectivity index (χ1) is 5.61. The second-order valence-corrected chi connectivity index (χ2v) is 3.06. The quantitative estimate of drug-likeness (QED) is 0.508. The van der Waals surface area contributed by atoms with Crippen LogP contribution < -0.4 is 5.32 Å². The summed E-state index contributed by atoms with van der Waals surface area (Å²) >= 11 is 5.98. The van der Waals surface area contributed by atoms with Gasteiger partial charge in [0.1, 0.15) is 0 Å². The summed E-state index contributed by atoms with van der Waals surface area (Å²) in [6.07, 6.45) is 0. The molecule has 0 radical (unpaired) electrons. The average Bonchev–Trinajstić information content (AvgIpc) is 1.98. The lowest BCUT2D eigenvalue weighted by molar-refractivity contribution is 1.42. The Morgan fingerprint density at radius 2 is 2.17 bits per heavy atom. The number of amidine groups is 1. The van der Waals surface area contributed by atoms with Gasteiger partial charge in [-0.1, -0.05) is 23.7 Å². The molecule has 0 aliphatic carbocycles. The predicted octanol–water partition coefficient (Wildman–Crippen LogP) is 3.06. The van der Waals surface area contributed by atoms with Gasteiger partial charge in [0.25, 0.3) is 0 Å². The molecule has 64 valence electrons. The molecule has 0 spiro atoms. The van der Waals surface area contributed by atoms with Crippen LogP contribution in [-0.2, 0) is 0 Å². The summed E-state index contributed by atoms with van der Waals surface area (Å²) in [4.78, 5) is 0. The highest BCUT2D eigenvalue weighted by Gasteiger charge is 2.01. The summed E-state index contributed by atoms with van der Waals surface area (Å²) in [6.45, 7) is 3.62. The number of halogens is 1. The van der Waals surface area contributed by atoms with Gasteiger partial charge in [-0.15, -0.1) is 0 Å². The maximum atomic E-state index is 7.23. The summed E-state index contributed by atoms with van der Waals surface area (Å²) in [5, 5.41) is 10.8. The van der Waals surface area contributed by atoms with E-state index in [9.17, 15) is 0 Å². The zero-order chi connectivity index (χ0) is 9.14. The van der Waals surface area contributed by atoms with Crippen LogP contribution in [0.25, 0.3) is 0 Å². The SMILES string of the molecule is CC(=N)Nc1cccc(C)c1Cl. The van der Waals surface area contributed by atoms with Gasteiger partial charge in [0.2, 0.25) is 0 Å². The number of benzene rings is 1. The third-order valence-electron chi connectivity index (χ3n) is 1.51. The first-order valence-corrected chi connectivity index (χ1v) is 4.06. The van der Waals surface area contributed by atoms with Crippen LogP contribution in [0.1, 0.15) is 12.5 Å². The Balaban J connectivity index is 3.00. The van der Waals surface area contributed by atoms with Crippen molar-refractivity contribution in [1.29, 1.82) is 5.41 Å². The van der Waals surface area contributed by atoms with E-state index in [0.717, 1.165) is 11.3 Å².